The molecule has 4 nitrogen and oxygen atoms in total. The van der Waals surface area contributed by atoms with Crippen molar-refractivity contribution in [3.63, 3.8) is 0 Å². The van der Waals surface area contributed by atoms with Crippen molar-refractivity contribution in [2.45, 2.75) is 26.3 Å². The van der Waals surface area contributed by atoms with Gasteiger partial charge in [-0.25, -0.2) is 4.79 Å². The van der Waals surface area contributed by atoms with Gasteiger partial charge in [0.1, 0.15) is 6.54 Å². The Morgan fingerprint density at radius 2 is 1.48 bits per heavy atom. The molecule has 1 unspecified atom stereocenters. The number of carbonyl (C=O) groups is 1. The number of halogens is 2. The summed E-state index contributed by atoms with van der Waals surface area (Å²) in [4.78, 5) is 12.2. The second kappa shape index (κ2) is 14.2. The minimum Gasteiger partial charge on any atom is -1.00 e. The van der Waals surface area contributed by atoms with Crippen LogP contribution in [0.15, 0.2) is 84.9 Å². The molecule has 6 heteroatoms. The van der Waals surface area contributed by atoms with E-state index >= 15 is 0 Å². The summed E-state index contributed by atoms with van der Waals surface area (Å²) in [6, 6.07) is 28.2. The number of hydrogen-bond acceptors (Lipinski definition) is 1. The fraction of sp³-hybridized carbons (Fsp3) is 0.296. The summed E-state index contributed by atoms with van der Waals surface area (Å²) >= 11 is 6.05. The molecule has 0 aliphatic heterocycles. The normalized spacial score (nSPS) is 12.3. The number of quaternary nitrogens is 1. The minimum absolute atomic E-state index is 0. The number of carbonyl (C=O) groups excluding carboxylic acids is 1. The summed E-state index contributed by atoms with van der Waals surface area (Å²) in [5.41, 5.74) is 3.45. The summed E-state index contributed by atoms with van der Waals surface area (Å²) in [6.45, 7) is 6.99. The molecule has 2 amide bonds. The van der Waals surface area contributed by atoms with Crippen molar-refractivity contribution in [3.8, 4) is 0 Å². The van der Waals surface area contributed by atoms with Gasteiger partial charge in [0.25, 0.3) is 0 Å². The van der Waals surface area contributed by atoms with Gasteiger partial charge >= 0.3 is 6.03 Å². The van der Waals surface area contributed by atoms with E-state index < -0.39 is 0 Å². The number of rotatable bonds is 11. The average molecular weight is 578 g/mol. The first-order valence-electron chi connectivity index (χ1n) is 11.3. The van der Waals surface area contributed by atoms with Crippen molar-refractivity contribution >= 4 is 23.3 Å². The molecule has 0 aliphatic carbocycles. The molecule has 0 aromatic heterocycles. The highest BCUT2D eigenvalue weighted by Gasteiger charge is 2.25. The molecule has 0 fully saturated rings. The van der Waals surface area contributed by atoms with Crippen molar-refractivity contribution in [2.24, 2.45) is 0 Å². The van der Waals surface area contributed by atoms with Crippen LogP contribution in [-0.2, 0) is 13.0 Å². The van der Waals surface area contributed by atoms with Crippen LogP contribution in [0.2, 0.25) is 5.02 Å². The van der Waals surface area contributed by atoms with Gasteiger partial charge in [-0.2, -0.15) is 0 Å². The standard InChI is InChI=1S/C27H32ClN3O.HI/c1-2-31(22-24-10-5-3-6-11-24,21-18-23-14-16-25(28)17-15-23)20-9-19-29-27(32)30-26-12-7-4-8-13-26;/h3-8,10-17H,2,9,18-22H2,1H3,(H-,29,30,32);1H. The monoisotopic (exact) mass is 577 g/mol. The zero-order chi connectivity index (χ0) is 22.7. The first-order chi connectivity index (χ1) is 15.6. The first-order valence-corrected chi connectivity index (χ1v) is 11.7. The van der Waals surface area contributed by atoms with Crippen molar-refractivity contribution < 1.29 is 33.3 Å². The summed E-state index contributed by atoms with van der Waals surface area (Å²) in [6.07, 6.45) is 1.92. The second-order valence-corrected chi connectivity index (χ2v) is 8.66. The number of likely N-dealkylation sites (N-methyl/N-ethyl adjacent to an activating group) is 1. The molecule has 0 heterocycles. The Morgan fingerprint density at radius 3 is 2.12 bits per heavy atom. The predicted octanol–water partition coefficient (Wildman–Crippen LogP) is 3.14. The van der Waals surface area contributed by atoms with Gasteiger partial charge in [-0.15, -0.1) is 0 Å². The Kier molecular flexibility index (Phi) is 11.7. The number of anilines is 1. The van der Waals surface area contributed by atoms with Crippen LogP contribution in [0.1, 0.15) is 24.5 Å². The van der Waals surface area contributed by atoms with Gasteiger partial charge in [-0.1, -0.05) is 72.3 Å². The molecule has 33 heavy (non-hydrogen) atoms. The zero-order valence-corrected chi connectivity index (χ0v) is 22.1. The van der Waals surface area contributed by atoms with Gasteiger partial charge in [0, 0.05) is 35.7 Å². The van der Waals surface area contributed by atoms with E-state index in [2.05, 4.69) is 60.0 Å². The van der Waals surface area contributed by atoms with Crippen LogP contribution < -0.4 is 34.6 Å². The molecular weight excluding hydrogens is 545 g/mol. The van der Waals surface area contributed by atoms with E-state index in [0.29, 0.717) is 6.54 Å². The third-order valence-electron chi connectivity index (χ3n) is 5.95. The number of amides is 2. The first kappa shape index (κ1) is 27.2. The lowest BCUT2D eigenvalue weighted by molar-refractivity contribution is -0.939. The fourth-order valence-electron chi connectivity index (χ4n) is 4.00. The molecule has 1 atom stereocenters. The molecule has 0 aliphatic rings. The molecule has 0 radical (unpaired) electrons. The largest absolute Gasteiger partial charge is 1.00 e. The maximum Gasteiger partial charge on any atom is 0.319 e. The Morgan fingerprint density at radius 1 is 0.848 bits per heavy atom. The molecule has 0 saturated heterocycles. The molecule has 0 saturated carbocycles. The highest BCUT2D eigenvalue weighted by Crippen LogP contribution is 2.18. The van der Waals surface area contributed by atoms with E-state index in [0.717, 1.165) is 54.2 Å². The third-order valence-corrected chi connectivity index (χ3v) is 6.20. The van der Waals surface area contributed by atoms with E-state index in [4.69, 9.17) is 11.6 Å². The van der Waals surface area contributed by atoms with Crippen LogP contribution in [0.5, 0.6) is 0 Å². The molecule has 176 valence electrons. The quantitative estimate of drug-likeness (QED) is 0.205. The van der Waals surface area contributed by atoms with E-state index in [1.165, 1.54) is 11.1 Å². The summed E-state index contributed by atoms with van der Waals surface area (Å²) in [7, 11) is 0. The van der Waals surface area contributed by atoms with E-state index in [1.54, 1.807) is 0 Å². The molecule has 3 aromatic rings. The Labute approximate surface area is 220 Å². The van der Waals surface area contributed by atoms with Gasteiger partial charge in [0.05, 0.1) is 19.6 Å². The lowest BCUT2D eigenvalue weighted by Gasteiger charge is -2.38. The van der Waals surface area contributed by atoms with Crippen LogP contribution in [0.3, 0.4) is 0 Å². The SMILES string of the molecule is CC[N+](CCCNC(=O)Nc1ccccc1)(CCc1ccc(Cl)cc1)Cc1ccccc1.[I-]. The maximum absolute atomic E-state index is 12.2. The number of hydrogen-bond donors (Lipinski definition) is 2. The van der Waals surface area contributed by atoms with Crippen LogP contribution in [-0.4, -0.2) is 36.7 Å². The number of nitrogens with zero attached hydrogens (tertiary/aromatic N) is 1. The zero-order valence-electron chi connectivity index (χ0n) is 19.1. The highest BCUT2D eigenvalue weighted by molar-refractivity contribution is 6.30. The molecular formula is C27H33ClIN3O. The number of para-hydroxylation sites is 1. The highest BCUT2D eigenvalue weighted by atomic mass is 127. The van der Waals surface area contributed by atoms with Crippen LogP contribution >= 0.6 is 11.6 Å². The van der Waals surface area contributed by atoms with Crippen molar-refractivity contribution in [2.75, 3.05) is 31.5 Å². The lowest BCUT2D eigenvalue weighted by Crippen LogP contribution is -3.00. The maximum atomic E-state index is 12.2. The van der Waals surface area contributed by atoms with E-state index in [9.17, 15) is 4.79 Å². The van der Waals surface area contributed by atoms with Crippen LogP contribution in [0, 0.1) is 0 Å². The predicted molar refractivity (Wildman–Crippen MR) is 134 cm³/mol. The summed E-state index contributed by atoms with van der Waals surface area (Å²) in [5, 5.41) is 6.65. The minimum atomic E-state index is -0.157. The van der Waals surface area contributed by atoms with E-state index in [-0.39, 0.29) is 30.0 Å². The van der Waals surface area contributed by atoms with Crippen molar-refractivity contribution in [1.82, 2.24) is 5.32 Å². The third kappa shape index (κ3) is 9.35. The van der Waals surface area contributed by atoms with E-state index in [1.807, 2.05) is 42.5 Å². The average Bonchev–Trinajstić information content (AvgIpc) is 2.82. The lowest BCUT2D eigenvalue weighted by atomic mass is 10.1. The molecule has 2 N–H and O–H groups in total. The van der Waals surface area contributed by atoms with Crippen molar-refractivity contribution in [1.29, 1.82) is 0 Å². The number of urea groups is 1. The Balaban J connectivity index is 0.00000385. The molecule has 0 spiro atoms. The van der Waals surface area contributed by atoms with Crippen LogP contribution in [0.25, 0.3) is 0 Å². The Hall–Kier alpha value is -2.09. The Bertz CT molecular complexity index is 954. The van der Waals surface area contributed by atoms with Gasteiger partial charge in [0.2, 0.25) is 0 Å². The van der Waals surface area contributed by atoms with Crippen molar-refractivity contribution in [3.05, 3.63) is 101 Å². The topological polar surface area (TPSA) is 41.1 Å². The molecule has 3 aromatic carbocycles. The fourth-order valence-corrected chi connectivity index (χ4v) is 4.13. The van der Waals surface area contributed by atoms with Gasteiger partial charge in [-0.05, 0) is 36.8 Å². The van der Waals surface area contributed by atoms with Gasteiger partial charge in [0.15, 0.2) is 0 Å². The van der Waals surface area contributed by atoms with Crippen LogP contribution in [0.4, 0.5) is 10.5 Å². The summed E-state index contributed by atoms with van der Waals surface area (Å²) in [5.74, 6) is 0. The molecule has 0 bridgehead atoms. The number of nitrogens with one attached hydrogen (secondary N) is 2. The molecule has 3 rings (SSSR count). The van der Waals surface area contributed by atoms with Gasteiger partial charge in [-0.3, -0.25) is 0 Å². The number of benzene rings is 3. The second-order valence-electron chi connectivity index (χ2n) is 8.23. The van der Waals surface area contributed by atoms with Gasteiger partial charge < -0.3 is 39.1 Å². The smallest absolute Gasteiger partial charge is 0.319 e. The summed E-state index contributed by atoms with van der Waals surface area (Å²) < 4.78 is 0.981.